The topological polar surface area (TPSA) is 94.9 Å². The van der Waals surface area contributed by atoms with E-state index in [1.807, 2.05) is 6.92 Å². The van der Waals surface area contributed by atoms with Gasteiger partial charge in [-0.05, 0) is 31.2 Å². The quantitative estimate of drug-likeness (QED) is 0.553. The Kier molecular flexibility index (Phi) is 6.49. The molecule has 2 amide bonds. The fourth-order valence-corrected chi connectivity index (χ4v) is 3.94. The third kappa shape index (κ3) is 5.12. The van der Waals surface area contributed by atoms with E-state index in [-0.39, 0.29) is 16.9 Å². The molecule has 9 nitrogen and oxygen atoms in total. The van der Waals surface area contributed by atoms with Crippen molar-refractivity contribution in [2.75, 3.05) is 33.1 Å². The normalized spacial score (nSPS) is 16.4. The Labute approximate surface area is 202 Å². The molecule has 10 heteroatoms. The van der Waals surface area contributed by atoms with Crippen LogP contribution in [0.2, 0.25) is 0 Å². The molecule has 0 saturated carbocycles. The van der Waals surface area contributed by atoms with Crippen molar-refractivity contribution in [3.05, 3.63) is 65.1 Å². The SMILES string of the molecule is COCC1(C)Cc2c(Oc3ccc(C(=O)N(C)C)c(F)c3)cc(C(=O)Nc3ccn(C)n3)cc2O1. The van der Waals surface area contributed by atoms with Crippen LogP contribution in [0.5, 0.6) is 17.2 Å². The van der Waals surface area contributed by atoms with Gasteiger partial charge in [0.05, 0.1) is 12.2 Å². The zero-order chi connectivity index (χ0) is 25.3. The highest BCUT2D eigenvalue weighted by atomic mass is 19.1. The predicted octanol–water partition coefficient (Wildman–Crippen LogP) is 3.65. The number of rotatable bonds is 7. The van der Waals surface area contributed by atoms with Gasteiger partial charge < -0.3 is 24.4 Å². The van der Waals surface area contributed by atoms with E-state index < -0.39 is 23.2 Å². The Hall–Kier alpha value is -3.92. The van der Waals surface area contributed by atoms with Gasteiger partial charge in [0, 0.05) is 64.1 Å². The molecular weight excluding hydrogens is 455 g/mol. The van der Waals surface area contributed by atoms with Gasteiger partial charge in [0.2, 0.25) is 0 Å². The van der Waals surface area contributed by atoms with E-state index in [1.165, 1.54) is 17.0 Å². The number of hydrogen-bond donors (Lipinski definition) is 1. The van der Waals surface area contributed by atoms with Crippen LogP contribution in [0.4, 0.5) is 10.2 Å². The van der Waals surface area contributed by atoms with Crippen LogP contribution in [0, 0.1) is 5.82 Å². The molecule has 2 aromatic carbocycles. The van der Waals surface area contributed by atoms with Gasteiger partial charge in [-0.2, -0.15) is 5.10 Å². The van der Waals surface area contributed by atoms with Crippen molar-refractivity contribution < 1.29 is 28.2 Å². The van der Waals surface area contributed by atoms with Crippen LogP contribution in [0.3, 0.4) is 0 Å². The molecule has 3 aromatic rings. The van der Waals surface area contributed by atoms with Crippen molar-refractivity contribution in [3.63, 3.8) is 0 Å². The number of hydrogen-bond acceptors (Lipinski definition) is 6. The van der Waals surface area contributed by atoms with E-state index in [0.29, 0.717) is 30.3 Å². The van der Waals surface area contributed by atoms with E-state index in [1.54, 1.807) is 57.3 Å². The molecule has 1 unspecified atom stereocenters. The van der Waals surface area contributed by atoms with Crippen molar-refractivity contribution in [1.82, 2.24) is 14.7 Å². The minimum atomic E-state index is -0.706. The summed E-state index contributed by atoms with van der Waals surface area (Å²) in [6.45, 7) is 2.22. The fraction of sp³-hybridized carbons (Fsp3) is 0.320. The molecule has 184 valence electrons. The lowest BCUT2D eigenvalue weighted by atomic mass is 9.98. The summed E-state index contributed by atoms with van der Waals surface area (Å²) in [5.41, 5.74) is 0.296. The minimum absolute atomic E-state index is 0.0629. The number of methoxy groups -OCH3 is 1. The molecule has 4 rings (SSSR count). The Balaban J connectivity index is 1.68. The van der Waals surface area contributed by atoms with Gasteiger partial charge in [-0.1, -0.05) is 0 Å². The molecule has 0 saturated heterocycles. The van der Waals surface area contributed by atoms with Crippen LogP contribution in [-0.2, 0) is 18.2 Å². The summed E-state index contributed by atoms with van der Waals surface area (Å²) in [7, 11) is 6.43. The van der Waals surface area contributed by atoms with Crippen molar-refractivity contribution in [2.24, 2.45) is 7.05 Å². The van der Waals surface area contributed by atoms with E-state index >= 15 is 0 Å². The van der Waals surface area contributed by atoms with Gasteiger partial charge in [0.1, 0.15) is 28.7 Å². The number of ether oxygens (including phenoxy) is 3. The summed E-state index contributed by atoms with van der Waals surface area (Å²) in [4.78, 5) is 26.4. The first-order valence-electron chi connectivity index (χ1n) is 10.9. The monoisotopic (exact) mass is 482 g/mol. The molecule has 1 aromatic heterocycles. The lowest BCUT2D eigenvalue weighted by Gasteiger charge is -2.22. The molecule has 1 aliphatic heterocycles. The summed E-state index contributed by atoms with van der Waals surface area (Å²) in [6, 6.07) is 8.92. The fourth-order valence-electron chi connectivity index (χ4n) is 3.94. The molecule has 35 heavy (non-hydrogen) atoms. The number of amides is 2. The minimum Gasteiger partial charge on any atom is -0.484 e. The number of benzene rings is 2. The van der Waals surface area contributed by atoms with Crippen molar-refractivity contribution in [1.29, 1.82) is 0 Å². The second-order valence-electron chi connectivity index (χ2n) is 8.88. The van der Waals surface area contributed by atoms with Gasteiger partial charge in [-0.25, -0.2) is 4.39 Å². The molecule has 0 spiro atoms. The number of nitrogens with one attached hydrogen (secondary N) is 1. The number of fused-ring (bicyclic) bond motifs is 1. The molecule has 1 atom stereocenters. The highest BCUT2D eigenvalue weighted by Gasteiger charge is 2.38. The molecule has 0 aliphatic carbocycles. The van der Waals surface area contributed by atoms with Crippen molar-refractivity contribution in [2.45, 2.75) is 18.9 Å². The molecule has 0 bridgehead atoms. The Morgan fingerprint density at radius 1 is 1.26 bits per heavy atom. The molecule has 1 aliphatic rings. The second-order valence-corrected chi connectivity index (χ2v) is 8.88. The zero-order valence-electron chi connectivity index (χ0n) is 20.2. The van der Waals surface area contributed by atoms with Crippen LogP contribution < -0.4 is 14.8 Å². The molecule has 0 radical (unpaired) electrons. The van der Waals surface area contributed by atoms with Crippen molar-refractivity contribution in [3.8, 4) is 17.2 Å². The van der Waals surface area contributed by atoms with Gasteiger partial charge in [-0.3, -0.25) is 14.3 Å². The smallest absolute Gasteiger partial charge is 0.257 e. The van der Waals surface area contributed by atoms with E-state index in [9.17, 15) is 14.0 Å². The zero-order valence-corrected chi connectivity index (χ0v) is 20.2. The number of halogens is 1. The van der Waals surface area contributed by atoms with E-state index in [4.69, 9.17) is 14.2 Å². The van der Waals surface area contributed by atoms with Crippen LogP contribution >= 0.6 is 0 Å². The first-order chi connectivity index (χ1) is 16.6. The second kappa shape index (κ2) is 9.38. The van der Waals surface area contributed by atoms with Crippen LogP contribution in [0.25, 0.3) is 0 Å². The first-order valence-corrected chi connectivity index (χ1v) is 10.9. The third-order valence-electron chi connectivity index (χ3n) is 5.55. The average molecular weight is 483 g/mol. The number of aromatic nitrogens is 2. The van der Waals surface area contributed by atoms with Gasteiger partial charge in [0.25, 0.3) is 11.8 Å². The lowest BCUT2D eigenvalue weighted by Crippen LogP contribution is -2.35. The Bertz CT molecular complexity index is 1290. The van der Waals surface area contributed by atoms with Crippen molar-refractivity contribution >= 4 is 17.6 Å². The average Bonchev–Trinajstić information content (AvgIpc) is 3.35. The first kappa shape index (κ1) is 24.2. The van der Waals surface area contributed by atoms with Crippen LogP contribution in [0.15, 0.2) is 42.6 Å². The van der Waals surface area contributed by atoms with Crippen LogP contribution in [-0.4, -0.2) is 59.9 Å². The molecular formula is C25H27FN4O5. The highest BCUT2D eigenvalue weighted by Crippen LogP contribution is 2.43. The Morgan fingerprint density at radius 2 is 2.03 bits per heavy atom. The predicted molar refractivity (Wildman–Crippen MR) is 127 cm³/mol. The summed E-state index contributed by atoms with van der Waals surface area (Å²) in [5.74, 6) is -0.156. The van der Waals surface area contributed by atoms with Gasteiger partial charge in [0.15, 0.2) is 5.82 Å². The summed E-state index contributed by atoms with van der Waals surface area (Å²) in [5, 5.41) is 6.90. The Morgan fingerprint density at radius 3 is 2.66 bits per heavy atom. The molecule has 0 fully saturated rings. The third-order valence-corrected chi connectivity index (χ3v) is 5.55. The number of carbonyl (C=O) groups excluding carboxylic acids is 2. The number of aryl methyl sites for hydroxylation is 1. The van der Waals surface area contributed by atoms with Gasteiger partial charge >= 0.3 is 0 Å². The highest BCUT2D eigenvalue weighted by molar-refractivity contribution is 6.04. The lowest BCUT2D eigenvalue weighted by molar-refractivity contribution is 0.0204. The maximum atomic E-state index is 14.7. The molecule has 2 heterocycles. The van der Waals surface area contributed by atoms with E-state index in [0.717, 1.165) is 11.6 Å². The maximum absolute atomic E-state index is 14.7. The summed E-state index contributed by atoms with van der Waals surface area (Å²) < 4.78 is 33.7. The number of carbonyl (C=O) groups is 2. The molecule has 1 N–H and O–H groups in total. The largest absolute Gasteiger partial charge is 0.484 e. The summed E-state index contributed by atoms with van der Waals surface area (Å²) in [6.07, 6.45) is 2.18. The van der Waals surface area contributed by atoms with E-state index in [2.05, 4.69) is 10.4 Å². The van der Waals surface area contributed by atoms with Crippen LogP contribution in [0.1, 0.15) is 33.2 Å². The number of anilines is 1. The standard InChI is InChI=1S/C25H27FN4O5/c1-25(14-33-5)13-18-20(34-16-6-7-17(19(26)12-16)24(32)29(2)3)10-15(11-21(18)35-25)23(31)27-22-8-9-30(4)28-22/h6-12H,13-14H2,1-5H3,(H,27,28,31). The summed E-state index contributed by atoms with van der Waals surface area (Å²) >= 11 is 0. The van der Waals surface area contributed by atoms with Gasteiger partial charge in [-0.15, -0.1) is 0 Å². The number of nitrogens with zero attached hydrogens (tertiary/aromatic N) is 3. The maximum Gasteiger partial charge on any atom is 0.257 e.